The zero-order valence-corrected chi connectivity index (χ0v) is 10.0. The minimum Gasteiger partial charge on any atom is -0.448 e. The number of hydrogen-bond acceptors (Lipinski definition) is 4. The summed E-state index contributed by atoms with van der Waals surface area (Å²) in [6.45, 7) is 6.68. The van der Waals surface area contributed by atoms with Gasteiger partial charge in [-0.15, -0.1) is 0 Å². The van der Waals surface area contributed by atoms with Gasteiger partial charge in [0.2, 0.25) is 0 Å². The molecule has 0 bridgehead atoms. The van der Waals surface area contributed by atoms with Gasteiger partial charge in [0.25, 0.3) is 0 Å². The molecule has 1 saturated heterocycles. The van der Waals surface area contributed by atoms with E-state index in [1.54, 1.807) is 6.39 Å². The second-order valence-electron chi connectivity index (χ2n) is 4.61. The SMILES string of the molecule is CC(C)NCc1ncoc1C1CCCOC1. The molecule has 1 aromatic heterocycles. The Morgan fingerprint density at radius 3 is 3.12 bits per heavy atom. The number of aromatic nitrogens is 1. The Labute approximate surface area is 96.4 Å². The van der Waals surface area contributed by atoms with Crippen LogP contribution in [-0.4, -0.2) is 24.2 Å². The van der Waals surface area contributed by atoms with E-state index in [4.69, 9.17) is 9.15 Å². The van der Waals surface area contributed by atoms with Crippen molar-refractivity contribution < 1.29 is 9.15 Å². The maximum atomic E-state index is 5.51. The molecule has 0 aromatic carbocycles. The second-order valence-corrected chi connectivity index (χ2v) is 4.61. The monoisotopic (exact) mass is 224 g/mol. The first-order valence-corrected chi connectivity index (χ1v) is 6.00. The van der Waals surface area contributed by atoms with E-state index in [-0.39, 0.29) is 0 Å². The van der Waals surface area contributed by atoms with Crippen molar-refractivity contribution in [3.8, 4) is 0 Å². The van der Waals surface area contributed by atoms with Crippen molar-refractivity contribution in [1.82, 2.24) is 10.3 Å². The fourth-order valence-corrected chi connectivity index (χ4v) is 1.99. The lowest BCUT2D eigenvalue weighted by Crippen LogP contribution is -2.24. The Hall–Kier alpha value is -0.870. The molecule has 1 unspecified atom stereocenters. The van der Waals surface area contributed by atoms with Gasteiger partial charge >= 0.3 is 0 Å². The van der Waals surface area contributed by atoms with E-state index in [2.05, 4.69) is 24.1 Å². The van der Waals surface area contributed by atoms with Crippen LogP contribution < -0.4 is 5.32 Å². The predicted octanol–water partition coefficient (Wildman–Crippen LogP) is 2.07. The van der Waals surface area contributed by atoms with Crippen molar-refractivity contribution in [3.05, 3.63) is 17.8 Å². The summed E-state index contributed by atoms with van der Waals surface area (Å²) in [7, 11) is 0. The third kappa shape index (κ3) is 2.83. The minimum atomic E-state index is 0.389. The van der Waals surface area contributed by atoms with Crippen LogP contribution in [0.4, 0.5) is 0 Å². The van der Waals surface area contributed by atoms with Crippen LogP contribution in [0, 0.1) is 0 Å². The normalized spacial score (nSPS) is 21.6. The van der Waals surface area contributed by atoms with E-state index in [0.29, 0.717) is 12.0 Å². The Morgan fingerprint density at radius 2 is 2.44 bits per heavy atom. The number of oxazole rings is 1. The Morgan fingerprint density at radius 1 is 1.56 bits per heavy atom. The molecule has 4 nitrogen and oxygen atoms in total. The Bertz CT molecular complexity index is 317. The van der Waals surface area contributed by atoms with Gasteiger partial charge in [-0.25, -0.2) is 4.98 Å². The Kier molecular flexibility index (Phi) is 3.96. The average molecular weight is 224 g/mol. The molecule has 1 atom stereocenters. The first kappa shape index (κ1) is 11.6. The highest BCUT2D eigenvalue weighted by molar-refractivity contribution is 5.13. The maximum Gasteiger partial charge on any atom is 0.181 e. The highest BCUT2D eigenvalue weighted by Gasteiger charge is 2.22. The van der Waals surface area contributed by atoms with Gasteiger partial charge in [0.05, 0.1) is 12.3 Å². The van der Waals surface area contributed by atoms with E-state index in [1.165, 1.54) is 0 Å². The molecule has 1 N–H and O–H groups in total. The molecule has 4 heteroatoms. The van der Waals surface area contributed by atoms with Gasteiger partial charge < -0.3 is 14.5 Å². The average Bonchev–Trinajstić information content (AvgIpc) is 2.75. The number of ether oxygens (including phenoxy) is 1. The first-order chi connectivity index (χ1) is 7.77. The minimum absolute atomic E-state index is 0.389. The van der Waals surface area contributed by atoms with Crippen molar-refractivity contribution in [2.75, 3.05) is 13.2 Å². The molecule has 0 saturated carbocycles. The van der Waals surface area contributed by atoms with Gasteiger partial charge in [0.15, 0.2) is 6.39 Å². The predicted molar refractivity (Wildman–Crippen MR) is 61.3 cm³/mol. The van der Waals surface area contributed by atoms with Crippen LogP contribution in [0.25, 0.3) is 0 Å². The largest absolute Gasteiger partial charge is 0.448 e. The Balaban J connectivity index is 2.00. The number of nitrogens with zero attached hydrogens (tertiary/aromatic N) is 1. The quantitative estimate of drug-likeness (QED) is 0.850. The molecular weight excluding hydrogens is 204 g/mol. The summed E-state index contributed by atoms with van der Waals surface area (Å²) in [4.78, 5) is 4.28. The van der Waals surface area contributed by atoms with Crippen molar-refractivity contribution in [2.45, 2.75) is 45.2 Å². The van der Waals surface area contributed by atoms with Crippen LogP contribution >= 0.6 is 0 Å². The molecule has 0 spiro atoms. The van der Waals surface area contributed by atoms with E-state index >= 15 is 0 Å². The summed E-state index contributed by atoms with van der Waals surface area (Å²) in [5.74, 6) is 1.40. The van der Waals surface area contributed by atoms with Crippen molar-refractivity contribution in [2.24, 2.45) is 0 Å². The zero-order chi connectivity index (χ0) is 11.4. The van der Waals surface area contributed by atoms with Gasteiger partial charge in [-0.2, -0.15) is 0 Å². The van der Waals surface area contributed by atoms with Gasteiger partial charge in [0, 0.05) is 25.1 Å². The second kappa shape index (κ2) is 5.46. The van der Waals surface area contributed by atoms with E-state index in [0.717, 1.165) is 44.1 Å². The molecule has 0 radical (unpaired) electrons. The highest BCUT2D eigenvalue weighted by Crippen LogP contribution is 2.27. The summed E-state index contributed by atoms with van der Waals surface area (Å²) in [6.07, 6.45) is 3.80. The summed E-state index contributed by atoms with van der Waals surface area (Å²) in [5.41, 5.74) is 1.03. The highest BCUT2D eigenvalue weighted by atomic mass is 16.5. The molecule has 2 rings (SSSR count). The molecule has 1 aromatic rings. The van der Waals surface area contributed by atoms with Crippen molar-refractivity contribution >= 4 is 0 Å². The fourth-order valence-electron chi connectivity index (χ4n) is 1.99. The van der Waals surface area contributed by atoms with E-state index in [1.807, 2.05) is 0 Å². The number of nitrogens with one attached hydrogen (secondary N) is 1. The molecular formula is C12H20N2O2. The van der Waals surface area contributed by atoms with E-state index in [9.17, 15) is 0 Å². The molecule has 1 aliphatic heterocycles. The fraction of sp³-hybridized carbons (Fsp3) is 0.750. The summed E-state index contributed by atoms with van der Waals surface area (Å²) < 4.78 is 11.0. The van der Waals surface area contributed by atoms with Gasteiger partial charge in [0.1, 0.15) is 5.76 Å². The molecule has 0 aliphatic carbocycles. The topological polar surface area (TPSA) is 47.3 Å². The van der Waals surface area contributed by atoms with Crippen LogP contribution in [0.3, 0.4) is 0 Å². The third-order valence-electron chi connectivity index (χ3n) is 2.88. The summed E-state index contributed by atoms with van der Waals surface area (Å²) in [5, 5.41) is 3.36. The van der Waals surface area contributed by atoms with Gasteiger partial charge in [-0.3, -0.25) is 0 Å². The molecule has 90 valence electrons. The van der Waals surface area contributed by atoms with E-state index < -0.39 is 0 Å². The van der Waals surface area contributed by atoms with Gasteiger partial charge in [-0.05, 0) is 12.8 Å². The van der Waals surface area contributed by atoms with Crippen LogP contribution in [0.2, 0.25) is 0 Å². The summed E-state index contributed by atoms with van der Waals surface area (Å²) >= 11 is 0. The van der Waals surface area contributed by atoms with Crippen LogP contribution in [0.5, 0.6) is 0 Å². The summed E-state index contributed by atoms with van der Waals surface area (Å²) in [6, 6.07) is 0.465. The maximum absolute atomic E-state index is 5.51. The van der Waals surface area contributed by atoms with Crippen LogP contribution in [0.1, 0.15) is 44.1 Å². The smallest absolute Gasteiger partial charge is 0.181 e. The zero-order valence-electron chi connectivity index (χ0n) is 10.0. The van der Waals surface area contributed by atoms with Gasteiger partial charge in [-0.1, -0.05) is 13.8 Å². The number of hydrogen-bond donors (Lipinski definition) is 1. The lowest BCUT2D eigenvalue weighted by molar-refractivity contribution is 0.0738. The van der Waals surface area contributed by atoms with Crippen LogP contribution in [-0.2, 0) is 11.3 Å². The van der Waals surface area contributed by atoms with Crippen molar-refractivity contribution in [1.29, 1.82) is 0 Å². The lowest BCUT2D eigenvalue weighted by atomic mass is 9.98. The molecule has 16 heavy (non-hydrogen) atoms. The molecule has 0 amide bonds. The lowest BCUT2D eigenvalue weighted by Gasteiger charge is -2.20. The molecule has 2 heterocycles. The molecule has 1 fully saturated rings. The van der Waals surface area contributed by atoms with Crippen molar-refractivity contribution in [3.63, 3.8) is 0 Å². The standard InChI is InChI=1S/C12H20N2O2/c1-9(2)13-6-11-12(16-8-14-11)10-4-3-5-15-7-10/h8-10,13H,3-7H2,1-2H3. The molecule has 1 aliphatic rings. The number of rotatable bonds is 4. The van der Waals surface area contributed by atoms with Crippen LogP contribution in [0.15, 0.2) is 10.8 Å². The third-order valence-corrected chi connectivity index (χ3v) is 2.88. The first-order valence-electron chi connectivity index (χ1n) is 6.00.